The molecule has 3 atom stereocenters. The van der Waals surface area contributed by atoms with E-state index in [1.54, 1.807) is 12.1 Å². The summed E-state index contributed by atoms with van der Waals surface area (Å²) in [5, 5.41) is 19.2. The molecule has 0 aliphatic carbocycles. The van der Waals surface area contributed by atoms with Gasteiger partial charge in [0.2, 0.25) is 0 Å². The topological polar surface area (TPSA) is 77.8 Å². The molecule has 2 unspecified atom stereocenters. The molecule has 1 aromatic rings. The Morgan fingerprint density at radius 1 is 1.33 bits per heavy atom. The second-order valence-electron chi connectivity index (χ2n) is 7.49. The number of aromatic carboxylic acids is 1. The Bertz CT molecular complexity index is 839. The number of halogens is 2. The second kappa shape index (κ2) is 10.4. The largest absolute Gasteiger partial charge is 0.478 e. The third kappa shape index (κ3) is 6.14. The number of hydrogen-bond acceptors (Lipinski definition) is 3. The summed E-state index contributed by atoms with van der Waals surface area (Å²) in [7, 11) is 0. The Balaban J connectivity index is 2.04. The van der Waals surface area contributed by atoms with Gasteiger partial charge in [-0.3, -0.25) is 4.79 Å². The zero-order valence-electron chi connectivity index (χ0n) is 17.1. The molecule has 0 aromatic heterocycles. The molecule has 0 bridgehead atoms. The number of benzene rings is 1. The molecule has 1 aromatic carbocycles. The standard InChI is InChI=1S/C23H27F2NO4/c1-3-4-5-6-16(2)20(27)12-11-19-15-23(24,25)22(30)26(19)14-13-17-7-9-18(10-8-17)21(28)29/h7-12,16,19-20,27H,3,6,13-15H2,1-2H3,(H,28,29)/b12-11+/t16?,19?,20-/m1/s1. The predicted octanol–water partition coefficient (Wildman–Crippen LogP) is 3.52. The summed E-state index contributed by atoms with van der Waals surface area (Å²) in [6, 6.07) is 5.28. The summed E-state index contributed by atoms with van der Waals surface area (Å²) in [5.41, 5.74) is 0.879. The normalized spacial score (nSPS) is 20.1. The smallest absolute Gasteiger partial charge is 0.335 e. The third-order valence-electron chi connectivity index (χ3n) is 5.12. The minimum atomic E-state index is -3.44. The molecule has 0 saturated carbocycles. The van der Waals surface area contributed by atoms with Crippen LogP contribution in [0.2, 0.25) is 0 Å². The number of rotatable bonds is 8. The summed E-state index contributed by atoms with van der Waals surface area (Å²) in [4.78, 5) is 24.2. The molecular weight excluding hydrogens is 392 g/mol. The van der Waals surface area contributed by atoms with Crippen LogP contribution in [0, 0.1) is 17.8 Å². The summed E-state index contributed by atoms with van der Waals surface area (Å²) < 4.78 is 28.0. The van der Waals surface area contributed by atoms with E-state index in [9.17, 15) is 23.5 Å². The Morgan fingerprint density at radius 2 is 2.00 bits per heavy atom. The quantitative estimate of drug-likeness (QED) is 0.499. The van der Waals surface area contributed by atoms with Crippen molar-refractivity contribution in [2.75, 3.05) is 6.54 Å². The predicted molar refractivity (Wildman–Crippen MR) is 109 cm³/mol. The lowest BCUT2D eigenvalue weighted by Gasteiger charge is -2.22. The van der Waals surface area contributed by atoms with E-state index in [2.05, 4.69) is 11.8 Å². The van der Waals surface area contributed by atoms with Gasteiger partial charge in [-0.2, -0.15) is 8.78 Å². The van der Waals surface area contributed by atoms with Gasteiger partial charge >= 0.3 is 11.9 Å². The molecule has 30 heavy (non-hydrogen) atoms. The van der Waals surface area contributed by atoms with Crippen molar-refractivity contribution in [3.8, 4) is 11.8 Å². The molecule has 1 fully saturated rings. The zero-order valence-corrected chi connectivity index (χ0v) is 17.1. The number of alkyl halides is 2. The van der Waals surface area contributed by atoms with Gasteiger partial charge in [-0.25, -0.2) is 4.79 Å². The van der Waals surface area contributed by atoms with E-state index in [-0.39, 0.29) is 18.0 Å². The first-order valence-electron chi connectivity index (χ1n) is 9.99. The Kier molecular flexibility index (Phi) is 8.13. The minimum Gasteiger partial charge on any atom is -0.478 e. The van der Waals surface area contributed by atoms with Crippen LogP contribution in [-0.2, 0) is 11.2 Å². The first-order chi connectivity index (χ1) is 14.2. The highest BCUT2D eigenvalue weighted by atomic mass is 19.3. The zero-order chi connectivity index (χ0) is 22.3. The van der Waals surface area contributed by atoms with Crippen LogP contribution in [0.15, 0.2) is 36.4 Å². The molecule has 162 valence electrons. The molecule has 0 radical (unpaired) electrons. The molecule has 7 heteroatoms. The molecule has 2 rings (SSSR count). The Labute approximate surface area is 175 Å². The number of hydrogen-bond donors (Lipinski definition) is 2. The van der Waals surface area contributed by atoms with E-state index in [1.165, 1.54) is 24.3 Å². The van der Waals surface area contributed by atoms with Gasteiger partial charge in [0.1, 0.15) is 0 Å². The van der Waals surface area contributed by atoms with Gasteiger partial charge in [-0.1, -0.05) is 38.1 Å². The van der Waals surface area contributed by atoms with Crippen molar-refractivity contribution in [3.63, 3.8) is 0 Å². The van der Waals surface area contributed by atoms with Gasteiger partial charge in [-0.05, 0) is 30.0 Å². The van der Waals surface area contributed by atoms with Gasteiger partial charge < -0.3 is 15.1 Å². The van der Waals surface area contributed by atoms with Crippen molar-refractivity contribution in [1.82, 2.24) is 4.90 Å². The highest BCUT2D eigenvalue weighted by Crippen LogP contribution is 2.34. The summed E-state index contributed by atoms with van der Waals surface area (Å²) >= 11 is 0. The van der Waals surface area contributed by atoms with E-state index in [0.29, 0.717) is 12.8 Å². The van der Waals surface area contributed by atoms with Gasteiger partial charge in [0.05, 0.1) is 17.7 Å². The van der Waals surface area contributed by atoms with E-state index in [1.807, 2.05) is 13.8 Å². The number of nitrogens with zero attached hydrogens (tertiary/aromatic N) is 1. The van der Waals surface area contributed by atoms with Gasteiger partial charge in [0, 0.05) is 25.8 Å². The molecule has 1 heterocycles. The number of aliphatic hydroxyl groups is 1. The molecule has 5 nitrogen and oxygen atoms in total. The minimum absolute atomic E-state index is 0.0729. The molecule has 0 spiro atoms. The molecule has 1 saturated heterocycles. The van der Waals surface area contributed by atoms with Crippen molar-refractivity contribution in [2.24, 2.45) is 5.92 Å². The van der Waals surface area contributed by atoms with Crippen molar-refractivity contribution < 1.29 is 28.6 Å². The first-order valence-corrected chi connectivity index (χ1v) is 9.99. The maximum atomic E-state index is 14.0. The van der Waals surface area contributed by atoms with E-state index in [4.69, 9.17) is 5.11 Å². The SMILES string of the molecule is CCC#CCC(C)[C@H](O)/C=C/C1CC(F)(F)C(=O)N1CCc1ccc(C(=O)O)cc1. The van der Waals surface area contributed by atoms with Crippen LogP contribution in [0.5, 0.6) is 0 Å². The van der Waals surface area contributed by atoms with Crippen LogP contribution in [-0.4, -0.2) is 51.6 Å². The van der Waals surface area contributed by atoms with Crippen LogP contribution in [0.3, 0.4) is 0 Å². The Hall–Kier alpha value is -2.72. The van der Waals surface area contributed by atoms with Crippen LogP contribution in [0.4, 0.5) is 8.78 Å². The Morgan fingerprint density at radius 3 is 2.60 bits per heavy atom. The maximum Gasteiger partial charge on any atom is 0.335 e. The fraction of sp³-hybridized carbons (Fsp3) is 0.478. The lowest BCUT2D eigenvalue weighted by atomic mass is 9.99. The van der Waals surface area contributed by atoms with Crippen LogP contribution >= 0.6 is 0 Å². The first kappa shape index (κ1) is 23.6. The molecular formula is C23H27F2NO4. The lowest BCUT2D eigenvalue weighted by Crippen LogP contribution is -2.37. The average Bonchev–Trinajstić information content (AvgIpc) is 2.93. The van der Waals surface area contributed by atoms with Crippen LogP contribution < -0.4 is 0 Å². The van der Waals surface area contributed by atoms with Gasteiger partial charge in [-0.15, -0.1) is 11.8 Å². The second-order valence-corrected chi connectivity index (χ2v) is 7.49. The van der Waals surface area contributed by atoms with Crippen molar-refractivity contribution in [1.29, 1.82) is 0 Å². The number of carbonyl (C=O) groups excluding carboxylic acids is 1. The molecule has 1 amide bonds. The fourth-order valence-corrected chi connectivity index (χ4v) is 3.23. The van der Waals surface area contributed by atoms with E-state index >= 15 is 0 Å². The third-order valence-corrected chi connectivity index (χ3v) is 5.12. The number of amides is 1. The fourth-order valence-electron chi connectivity index (χ4n) is 3.23. The van der Waals surface area contributed by atoms with Crippen molar-refractivity contribution >= 4 is 11.9 Å². The number of likely N-dealkylation sites (tertiary alicyclic amines) is 1. The number of carboxylic acid groups (broad SMARTS) is 1. The lowest BCUT2D eigenvalue weighted by molar-refractivity contribution is -0.148. The van der Waals surface area contributed by atoms with Crippen LogP contribution in [0.25, 0.3) is 0 Å². The molecule has 2 N–H and O–H groups in total. The monoisotopic (exact) mass is 419 g/mol. The summed E-state index contributed by atoms with van der Waals surface area (Å²) in [5.74, 6) is 0.0181. The molecule has 1 aliphatic rings. The maximum absolute atomic E-state index is 14.0. The van der Waals surface area contributed by atoms with Crippen LogP contribution in [0.1, 0.15) is 49.0 Å². The van der Waals surface area contributed by atoms with Gasteiger partial charge in [0.25, 0.3) is 5.91 Å². The van der Waals surface area contributed by atoms with Gasteiger partial charge in [0.15, 0.2) is 0 Å². The summed E-state index contributed by atoms with van der Waals surface area (Å²) in [6.07, 6.45) is 3.01. The highest BCUT2D eigenvalue weighted by molar-refractivity contribution is 5.87. The highest BCUT2D eigenvalue weighted by Gasteiger charge is 2.52. The van der Waals surface area contributed by atoms with Crippen molar-refractivity contribution in [2.45, 2.75) is 57.6 Å². The summed E-state index contributed by atoms with van der Waals surface area (Å²) in [6.45, 7) is 3.83. The van der Waals surface area contributed by atoms with Crippen molar-refractivity contribution in [3.05, 3.63) is 47.5 Å². The number of aliphatic hydroxyl groups excluding tert-OH is 1. The van der Waals surface area contributed by atoms with E-state index < -0.39 is 36.4 Å². The average molecular weight is 419 g/mol. The number of carboxylic acids is 1. The van der Waals surface area contributed by atoms with E-state index in [0.717, 1.165) is 16.9 Å². The number of carbonyl (C=O) groups is 2. The molecule has 1 aliphatic heterocycles.